The van der Waals surface area contributed by atoms with E-state index in [-0.39, 0.29) is 10.6 Å². The fraction of sp³-hybridized carbons (Fsp3) is 0.200. The van der Waals surface area contributed by atoms with Gasteiger partial charge in [0.1, 0.15) is 4.90 Å². The number of hydrogen-bond acceptors (Lipinski definition) is 4. The lowest BCUT2D eigenvalue weighted by molar-refractivity contribution is 0.0980. The highest BCUT2D eigenvalue weighted by Gasteiger charge is 2.37. The number of rotatable bonds is 0. The molecule has 0 aliphatic carbocycles. The number of nitrogens with zero attached hydrogens (tertiary/aromatic N) is 1. The van der Waals surface area contributed by atoms with Gasteiger partial charge in [-0.1, -0.05) is 0 Å². The normalized spacial score (nSPS) is 18.9. The van der Waals surface area contributed by atoms with Crippen molar-refractivity contribution in [2.75, 3.05) is 0 Å². The van der Waals surface area contributed by atoms with E-state index in [4.69, 9.17) is 0 Å². The second-order valence-corrected chi connectivity index (χ2v) is 4.08. The Morgan fingerprint density at radius 2 is 2.08 bits per heavy atom. The lowest BCUT2D eigenvalue weighted by atomic mass is 10.4. The minimum atomic E-state index is -3.64. The Balaban J connectivity index is 2.86. The highest BCUT2D eigenvalue weighted by molar-refractivity contribution is 7.90. The van der Waals surface area contributed by atoms with Crippen molar-refractivity contribution >= 4 is 15.9 Å². The zero-order chi connectivity index (χ0) is 8.93. The first-order valence-corrected chi connectivity index (χ1v) is 4.63. The van der Waals surface area contributed by atoms with Gasteiger partial charge < -0.3 is 0 Å². The van der Waals surface area contributed by atoms with Gasteiger partial charge in [0, 0.05) is 0 Å². The molecule has 1 aromatic rings. The number of hydrogen-bond donors (Lipinski definition) is 2. The van der Waals surface area contributed by atoms with E-state index in [1.165, 1.54) is 0 Å². The van der Waals surface area contributed by atoms with Gasteiger partial charge in [-0.2, -0.15) is 5.10 Å². The molecule has 0 spiro atoms. The molecule has 0 radical (unpaired) electrons. The minimum absolute atomic E-state index is 0.0347. The molecule has 2 rings (SSSR count). The van der Waals surface area contributed by atoms with Gasteiger partial charge in [0.2, 0.25) is 0 Å². The summed E-state index contributed by atoms with van der Waals surface area (Å²) in [7, 11) is -3.64. The van der Waals surface area contributed by atoms with E-state index in [9.17, 15) is 13.2 Å². The molecule has 6 nitrogen and oxygen atoms in total. The fourth-order valence-corrected chi connectivity index (χ4v) is 2.41. The molecule has 0 saturated carbocycles. The molecule has 0 unspecified atom stereocenters. The van der Waals surface area contributed by atoms with Crippen LogP contribution in [0.4, 0.5) is 0 Å². The van der Waals surface area contributed by atoms with Gasteiger partial charge in [-0.15, -0.1) is 0 Å². The van der Waals surface area contributed by atoms with Crippen LogP contribution in [0.3, 0.4) is 0 Å². The van der Waals surface area contributed by atoms with Crippen LogP contribution < -0.4 is 4.72 Å². The molecule has 64 valence electrons. The smallest absolute Gasteiger partial charge is 0.281 e. The first-order valence-electron chi connectivity index (χ1n) is 3.14. The summed E-state index contributed by atoms with van der Waals surface area (Å²) >= 11 is 0. The Labute approximate surface area is 68.0 Å². The zero-order valence-corrected chi connectivity index (χ0v) is 6.90. The number of sulfonamides is 1. The highest BCUT2D eigenvalue weighted by atomic mass is 32.2. The summed E-state index contributed by atoms with van der Waals surface area (Å²) in [5, 5.41) is 5.99. The second kappa shape index (κ2) is 1.86. The fourth-order valence-electron chi connectivity index (χ4n) is 1.12. The van der Waals surface area contributed by atoms with E-state index in [0.29, 0.717) is 5.69 Å². The number of aryl methyl sites for hydroxylation is 1. The van der Waals surface area contributed by atoms with Gasteiger partial charge >= 0.3 is 0 Å². The number of aromatic amines is 1. The third-order valence-electron chi connectivity index (χ3n) is 1.60. The molecule has 2 N–H and O–H groups in total. The van der Waals surface area contributed by atoms with E-state index in [1.807, 2.05) is 4.72 Å². The van der Waals surface area contributed by atoms with Gasteiger partial charge in [0.05, 0.1) is 5.69 Å². The predicted octanol–water partition coefficient (Wildman–Crippen LogP) is -0.850. The number of H-pyrrole nitrogens is 1. The van der Waals surface area contributed by atoms with Gasteiger partial charge in [-0.3, -0.25) is 9.89 Å². The molecule has 0 saturated heterocycles. The molecule has 12 heavy (non-hydrogen) atoms. The van der Waals surface area contributed by atoms with E-state index < -0.39 is 15.9 Å². The van der Waals surface area contributed by atoms with Gasteiger partial charge in [-0.25, -0.2) is 13.1 Å². The maximum Gasteiger partial charge on any atom is 0.286 e. The van der Waals surface area contributed by atoms with Gasteiger partial charge in [0.15, 0.2) is 5.69 Å². The zero-order valence-electron chi connectivity index (χ0n) is 6.08. The van der Waals surface area contributed by atoms with E-state index in [1.54, 1.807) is 6.92 Å². The summed E-state index contributed by atoms with van der Waals surface area (Å²) in [6.07, 6.45) is 0. The van der Waals surface area contributed by atoms with Crippen LogP contribution in [0.15, 0.2) is 4.90 Å². The number of carbonyl (C=O) groups excluding carboxylic acids is 1. The predicted molar refractivity (Wildman–Crippen MR) is 38.0 cm³/mol. The van der Waals surface area contributed by atoms with Crippen LogP contribution in [0.2, 0.25) is 0 Å². The third kappa shape index (κ3) is 0.708. The molecule has 1 amide bonds. The van der Waals surface area contributed by atoms with Crippen molar-refractivity contribution in [1.29, 1.82) is 0 Å². The summed E-state index contributed by atoms with van der Waals surface area (Å²) in [5.74, 6) is -0.672. The Kier molecular flexibility index (Phi) is 1.13. The van der Waals surface area contributed by atoms with E-state index in [0.717, 1.165) is 0 Å². The number of fused-ring (bicyclic) bond motifs is 1. The molecular weight excluding hydrogens is 182 g/mol. The van der Waals surface area contributed by atoms with Crippen LogP contribution in [0.25, 0.3) is 0 Å². The van der Waals surface area contributed by atoms with Crippen LogP contribution in [-0.2, 0) is 10.0 Å². The van der Waals surface area contributed by atoms with E-state index in [2.05, 4.69) is 10.2 Å². The van der Waals surface area contributed by atoms with Crippen molar-refractivity contribution in [2.45, 2.75) is 11.8 Å². The first kappa shape index (κ1) is 7.29. The molecule has 1 aromatic heterocycles. The third-order valence-corrected chi connectivity index (χ3v) is 3.09. The Bertz CT molecular complexity index is 458. The van der Waals surface area contributed by atoms with Crippen LogP contribution in [0.1, 0.15) is 16.2 Å². The Morgan fingerprint density at radius 3 is 2.67 bits per heavy atom. The highest BCUT2D eigenvalue weighted by Crippen LogP contribution is 2.22. The second-order valence-electron chi connectivity index (χ2n) is 2.46. The standard InChI is InChI=1S/C5H5N3O3S/c1-2-4-3(7-6-2)5(9)8-12(4,10)11/h1H3,(H,6,7)(H,8,9). The lowest BCUT2D eigenvalue weighted by Crippen LogP contribution is -2.22. The average Bonchev–Trinajstić information content (AvgIpc) is 2.38. The molecular formula is C5H5N3O3S. The number of amides is 1. The van der Waals surface area contributed by atoms with Crippen LogP contribution in [-0.4, -0.2) is 24.5 Å². The largest absolute Gasteiger partial charge is 0.286 e. The molecule has 0 aromatic carbocycles. The number of carbonyl (C=O) groups is 1. The lowest BCUT2D eigenvalue weighted by Gasteiger charge is -1.92. The Morgan fingerprint density at radius 1 is 1.42 bits per heavy atom. The molecule has 0 fully saturated rings. The average molecular weight is 187 g/mol. The SMILES string of the molecule is Cc1[nH]nc2c1S(=O)(=O)NC2=O. The molecule has 2 heterocycles. The van der Waals surface area contributed by atoms with Crippen molar-refractivity contribution < 1.29 is 13.2 Å². The summed E-state index contributed by atoms with van der Waals surface area (Å²) in [5.41, 5.74) is 0.329. The molecule has 7 heteroatoms. The maximum atomic E-state index is 11.2. The number of aromatic nitrogens is 2. The van der Waals surface area contributed by atoms with Crippen LogP contribution in [0.5, 0.6) is 0 Å². The van der Waals surface area contributed by atoms with Crippen molar-refractivity contribution in [3.05, 3.63) is 11.4 Å². The van der Waals surface area contributed by atoms with Crippen LogP contribution >= 0.6 is 0 Å². The maximum absolute atomic E-state index is 11.2. The molecule has 0 bridgehead atoms. The van der Waals surface area contributed by atoms with Crippen molar-refractivity contribution in [3.8, 4) is 0 Å². The summed E-state index contributed by atoms with van der Waals surface area (Å²) in [6, 6.07) is 0. The quantitative estimate of drug-likeness (QED) is 0.553. The topological polar surface area (TPSA) is 91.9 Å². The monoisotopic (exact) mass is 187 g/mol. The van der Waals surface area contributed by atoms with Crippen molar-refractivity contribution in [3.63, 3.8) is 0 Å². The van der Waals surface area contributed by atoms with Gasteiger partial charge in [-0.05, 0) is 6.92 Å². The van der Waals surface area contributed by atoms with Crippen LogP contribution in [0, 0.1) is 6.92 Å². The summed E-state index contributed by atoms with van der Waals surface area (Å²) in [6.45, 7) is 1.55. The van der Waals surface area contributed by atoms with Gasteiger partial charge in [0.25, 0.3) is 15.9 Å². The molecule has 1 aliphatic rings. The Hall–Kier alpha value is -1.37. The molecule has 1 aliphatic heterocycles. The summed E-state index contributed by atoms with van der Waals surface area (Å²) in [4.78, 5) is 10.9. The molecule has 0 atom stereocenters. The van der Waals surface area contributed by atoms with Crippen molar-refractivity contribution in [1.82, 2.24) is 14.9 Å². The number of nitrogens with one attached hydrogen (secondary N) is 2. The first-order chi connectivity index (χ1) is 5.52. The minimum Gasteiger partial charge on any atom is -0.281 e. The van der Waals surface area contributed by atoms with E-state index >= 15 is 0 Å². The van der Waals surface area contributed by atoms with Crippen molar-refractivity contribution in [2.24, 2.45) is 0 Å². The summed E-state index contributed by atoms with van der Waals surface area (Å²) < 4.78 is 24.1.